The van der Waals surface area contributed by atoms with Crippen molar-refractivity contribution in [3.05, 3.63) is 0 Å². The van der Waals surface area contributed by atoms with E-state index in [1.54, 1.807) is 0 Å². The Morgan fingerprint density at radius 1 is 0.826 bits per heavy atom. The Bertz CT molecular complexity index is 354. The normalized spacial score (nSPS) is 38.0. The number of hydrogen-bond donors (Lipinski definition) is 0. The largest absolute Gasteiger partial charge is 0.461 e. The van der Waals surface area contributed by atoms with Gasteiger partial charge in [-0.15, -0.1) is 0 Å². The van der Waals surface area contributed by atoms with E-state index in [4.69, 9.17) is 4.74 Å². The van der Waals surface area contributed by atoms with Gasteiger partial charge in [-0.1, -0.05) is 51.9 Å². The maximum atomic E-state index is 11.0. The zero-order chi connectivity index (χ0) is 16.1. The lowest BCUT2D eigenvalue weighted by molar-refractivity contribution is -0.176. The fourth-order valence-electron chi connectivity index (χ4n) is 5.38. The zero-order valence-corrected chi connectivity index (χ0v) is 15.1. The van der Waals surface area contributed by atoms with E-state index >= 15 is 0 Å². The molecule has 1 heterocycles. The molecule has 2 saturated carbocycles. The lowest BCUT2D eigenvalue weighted by atomic mass is 9.67. The molecule has 2 nitrogen and oxygen atoms in total. The van der Waals surface area contributed by atoms with E-state index in [2.05, 4.69) is 6.92 Å². The number of hydrogen-bond acceptors (Lipinski definition) is 2. The molecular weight excluding hydrogens is 284 g/mol. The van der Waals surface area contributed by atoms with Crippen molar-refractivity contribution in [3.63, 3.8) is 0 Å². The number of ether oxygens (including phenoxy) is 1. The van der Waals surface area contributed by atoms with Crippen molar-refractivity contribution in [1.82, 2.24) is 0 Å². The topological polar surface area (TPSA) is 26.3 Å². The molecule has 0 aromatic rings. The molecule has 3 aliphatic rings. The SMILES string of the molecule is CCCCCCC1CCC(C2CCC(C3CC(=O)O3)CC2)CC1. The van der Waals surface area contributed by atoms with E-state index in [1.165, 1.54) is 83.5 Å². The standard InChI is InChI=1S/C21H36O2/c1-2-3-4-5-6-16-7-9-17(10-8-16)18-11-13-19(14-12-18)20-15-21(22)23-20/h16-20H,2-15H2,1H3. The molecule has 0 N–H and O–H groups in total. The van der Waals surface area contributed by atoms with Gasteiger partial charge in [-0.25, -0.2) is 0 Å². The van der Waals surface area contributed by atoms with Gasteiger partial charge >= 0.3 is 5.97 Å². The minimum absolute atomic E-state index is 0.0226. The van der Waals surface area contributed by atoms with Crippen LogP contribution < -0.4 is 0 Å². The highest BCUT2D eigenvalue weighted by molar-refractivity contribution is 5.75. The average molecular weight is 321 g/mol. The van der Waals surface area contributed by atoms with Crippen molar-refractivity contribution < 1.29 is 9.53 Å². The predicted molar refractivity (Wildman–Crippen MR) is 94.2 cm³/mol. The summed E-state index contributed by atoms with van der Waals surface area (Å²) in [5.74, 6) is 3.72. The highest BCUT2D eigenvalue weighted by atomic mass is 16.6. The summed E-state index contributed by atoms with van der Waals surface area (Å²) in [5.41, 5.74) is 0. The highest BCUT2D eigenvalue weighted by Crippen LogP contribution is 2.44. The second-order valence-corrected chi connectivity index (χ2v) is 8.54. The molecule has 0 bridgehead atoms. The first-order chi connectivity index (χ1) is 11.3. The molecule has 3 rings (SSSR count). The van der Waals surface area contributed by atoms with Crippen molar-refractivity contribution in [1.29, 1.82) is 0 Å². The first-order valence-corrected chi connectivity index (χ1v) is 10.5. The molecule has 1 unspecified atom stereocenters. The third-order valence-corrected chi connectivity index (χ3v) is 7.02. The van der Waals surface area contributed by atoms with Gasteiger partial charge in [-0.05, 0) is 62.2 Å². The number of rotatable bonds is 7. The van der Waals surface area contributed by atoms with Crippen molar-refractivity contribution in [2.75, 3.05) is 0 Å². The Kier molecular flexibility index (Phi) is 6.42. The Morgan fingerprint density at radius 2 is 1.39 bits per heavy atom. The van der Waals surface area contributed by atoms with Crippen molar-refractivity contribution in [2.45, 2.75) is 103 Å². The Hall–Kier alpha value is -0.530. The second-order valence-electron chi connectivity index (χ2n) is 8.54. The molecule has 2 aliphatic carbocycles. The summed E-state index contributed by atoms with van der Waals surface area (Å²) in [6.07, 6.45) is 19.5. The first-order valence-electron chi connectivity index (χ1n) is 10.5. The molecule has 0 aromatic heterocycles. The number of esters is 1. The van der Waals surface area contributed by atoms with Crippen LogP contribution in [0.5, 0.6) is 0 Å². The highest BCUT2D eigenvalue weighted by Gasteiger charge is 2.39. The Morgan fingerprint density at radius 3 is 1.96 bits per heavy atom. The molecule has 3 fully saturated rings. The van der Waals surface area contributed by atoms with Crippen LogP contribution in [-0.2, 0) is 9.53 Å². The molecule has 23 heavy (non-hydrogen) atoms. The van der Waals surface area contributed by atoms with Gasteiger partial charge in [0.2, 0.25) is 0 Å². The summed E-state index contributed by atoms with van der Waals surface area (Å²) in [5, 5.41) is 0. The van der Waals surface area contributed by atoms with Gasteiger partial charge in [-0.3, -0.25) is 4.79 Å². The van der Waals surface area contributed by atoms with Crippen molar-refractivity contribution in [2.24, 2.45) is 23.7 Å². The van der Waals surface area contributed by atoms with Gasteiger partial charge in [0.05, 0.1) is 6.42 Å². The van der Waals surface area contributed by atoms with Gasteiger partial charge in [0, 0.05) is 0 Å². The Labute approximate surface area is 142 Å². The fraction of sp³-hybridized carbons (Fsp3) is 0.952. The maximum Gasteiger partial charge on any atom is 0.309 e. The van der Waals surface area contributed by atoms with Crippen LogP contribution in [0.3, 0.4) is 0 Å². The monoisotopic (exact) mass is 320 g/mol. The minimum Gasteiger partial charge on any atom is -0.461 e. The zero-order valence-electron chi connectivity index (χ0n) is 15.1. The van der Waals surface area contributed by atoms with Crippen LogP contribution in [0.1, 0.15) is 96.8 Å². The van der Waals surface area contributed by atoms with E-state index in [0.717, 1.165) is 17.8 Å². The second kappa shape index (κ2) is 8.53. The van der Waals surface area contributed by atoms with E-state index in [1.807, 2.05) is 0 Å². The smallest absolute Gasteiger partial charge is 0.309 e. The molecule has 0 spiro atoms. The summed E-state index contributed by atoms with van der Waals surface area (Å²) < 4.78 is 5.29. The molecule has 1 aliphatic heterocycles. The van der Waals surface area contributed by atoms with Crippen LogP contribution in [0.4, 0.5) is 0 Å². The lowest BCUT2D eigenvalue weighted by Gasteiger charge is -2.41. The van der Waals surface area contributed by atoms with Crippen LogP contribution >= 0.6 is 0 Å². The summed E-state index contributed by atoms with van der Waals surface area (Å²) in [4.78, 5) is 11.0. The molecule has 0 amide bonds. The fourth-order valence-corrected chi connectivity index (χ4v) is 5.38. The van der Waals surface area contributed by atoms with E-state index in [-0.39, 0.29) is 12.1 Å². The number of carbonyl (C=O) groups excluding carboxylic acids is 1. The molecule has 1 atom stereocenters. The lowest BCUT2D eigenvalue weighted by Crippen LogP contribution is -2.41. The summed E-state index contributed by atoms with van der Waals surface area (Å²) >= 11 is 0. The summed E-state index contributed by atoms with van der Waals surface area (Å²) in [6.45, 7) is 2.30. The van der Waals surface area contributed by atoms with Crippen LogP contribution in [0, 0.1) is 23.7 Å². The number of cyclic esters (lactones) is 1. The van der Waals surface area contributed by atoms with Gasteiger partial charge in [0.15, 0.2) is 0 Å². The number of unbranched alkanes of at least 4 members (excludes halogenated alkanes) is 3. The minimum atomic E-state index is 0.0226. The quantitative estimate of drug-likeness (QED) is 0.432. The summed E-state index contributed by atoms with van der Waals surface area (Å²) in [7, 11) is 0. The van der Waals surface area contributed by atoms with Gasteiger partial charge < -0.3 is 4.74 Å². The maximum absolute atomic E-state index is 11.0. The van der Waals surface area contributed by atoms with E-state index < -0.39 is 0 Å². The van der Waals surface area contributed by atoms with Gasteiger partial charge in [0.25, 0.3) is 0 Å². The first kappa shape index (κ1) is 17.3. The molecule has 1 saturated heterocycles. The Balaban J connectivity index is 1.30. The van der Waals surface area contributed by atoms with Crippen LogP contribution in [0.25, 0.3) is 0 Å². The van der Waals surface area contributed by atoms with Crippen molar-refractivity contribution >= 4 is 5.97 Å². The molecule has 0 radical (unpaired) electrons. The van der Waals surface area contributed by atoms with Gasteiger partial charge in [0.1, 0.15) is 6.10 Å². The van der Waals surface area contributed by atoms with Crippen molar-refractivity contribution in [3.8, 4) is 0 Å². The third-order valence-electron chi connectivity index (χ3n) is 7.02. The average Bonchev–Trinajstić information content (AvgIpc) is 2.57. The summed E-state index contributed by atoms with van der Waals surface area (Å²) in [6, 6.07) is 0. The van der Waals surface area contributed by atoms with Crippen LogP contribution in [-0.4, -0.2) is 12.1 Å². The molecule has 2 heteroatoms. The van der Waals surface area contributed by atoms with Gasteiger partial charge in [-0.2, -0.15) is 0 Å². The molecular formula is C21H36O2. The van der Waals surface area contributed by atoms with Crippen LogP contribution in [0.15, 0.2) is 0 Å². The third kappa shape index (κ3) is 4.73. The molecule has 132 valence electrons. The van der Waals surface area contributed by atoms with E-state index in [0.29, 0.717) is 12.3 Å². The van der Waals surface area contributed by atoms with Crippen LogP contribution in [0.2, 0.25) is 0 Å². The molecule has 0 aromatic carbocycles. The predicted octanol–water partition coefficient (Wildman–Crippen LogP) is 5.89. The van der Waals surface area contributed by atoms with E-state index in [9.17, 15) is 4.79 Å². The number of carbonyl (C=O) groups is 1.